The molecule has 0 spiro atoms. The van der Waals surface area contributed by atoms with Crippen molar-refractivity contribution in [3.05, 3.63) is 48.6 Å². The van der Waals surface area contributed by atoms with E-state index in [-0.39, 0.29) is 24.9 Å². The van der Waals surface area contributed by atoms with Crippen LogP contribution in [0.4, 0.5) is 0 Å². The molecule has 3 atom stereocenters. The number of esters is 1. The summed E-state index contributed by atoms with van der Waals surface area (Å²) in [6.45, 7) is 6.47. The topological polar surface area (TPSA) is 95.9 Å². The van der Waals surface area contributed by atoms with E-state index in [9.17, 15) is 19.8 Å². The Kier molecular flexibility index (Phi) is 52.0. The van der Waals surface area contributed by atoms with E-state index in [1.165, 1.54) is 161 Å². The minimum absolute atomic E-state index is 0.0580. The van der Waals surface area contributed by atoms with Gasteiger partial charge in [-0.05, 0) is 89.9 Å². The van der Waals surface area contributed by atoms with Crippen LogP contribution in [0.25, 0.3) is 0 Å². The molecular formula is C60H111NO5. The fourth-order valence-corrected chi connectivity index (χ4v) is 8.73. The smallest absolute Gasteiger partial charge is 0.306 e. The SMILES string of the molecule is CCCCC/C=C\C/C=C\C/C=C\CCCCCCC(CC(=O)NC(CO)C(O)CCCCCCCCCCCCCCCCCC)OC(=O)CCCCC/C=C\CCCCCCCCC. The Hall–Kier alpha value is -2.18. The van der Waals surface area contributed by atoms with Crippen LogP contribution in [-0.4, -0.2) is 46.9 Å². The Morgan fingerprint density at radius 1 is 0.439 bits per heavy atom. The Balaban J connectivity index is 4.61. The number of rotatable bonds is 52. The summed E-state index contributed by atoms with van der Waals surface area (Å²) in [5.41, 5.74) is 0. The third-order valence-electron chi connectivity index (χ3n) is 13.1. The van der Waals surface area contributed by atoms with E-state index < -0.39 is 18.2 Å². The second-order valence-corrected chi connectivity index (χ2v) is 19.7. The Morgan fingerprint density at radius 2 is 0.773 bits per heavy atom. The van der Waals surface area contributed by atoms with Crippen molar-refractivity contribution in [2.75, 3.05) is 6.61 Å². The number of carbonyl (C=O) groups is 2. The number of ether oxygens (including phenoxy) is 1. The van der Waals surface area contributed by atoms with Gasteiger partial charge >= 0.3 is 5.97 Å². The van der Waals surface area contributed by atoms with Crippen LogP contribution in [0.3, 0.4) is 0 Å². The number of allylic oxidation sites excluding steroid dienone is 8. The van der Waals surface area contributed by atoms with Gasteiger partial charge in [0.1, 0.15) is 6.10 Å². The molecule has 6 heteroatoms. The molecule has 0 aliphatic carbocycles. The lowest BCUT2D eigenvalue weighted by atomic mass is 10.0. The summed E-state index contributed by atoms with van der Waals surface area (Å²) in [6, 6.07) is -0.713. The first kappa shape index (κ1) is 63.8. The van der Waals surface area contributed by atoms with Crippen molar-refractivity contribution < 1.29 is 24.5 Å². The lowest BCUT2D eigenvalue weighted by Gasteiger charge is -2.24. The second-order valence-electron chi connectivity index (χ2n) is 19.7. The van der Waals surface area contributed by atoms with Gasteiger partial charge in [0, 0.05) is 6.42 Å². The highest BCUT2D eigenvalue weighted by atomic mass is 16.5. The number of amides is 1. The molecule has 0 bridgehead atoms. The summed E-state index contributed by atoms with van der Waals surface area (Å²) in [5, 5.41) is 23.9. The monoisotopic (exact) mass is 926 g/mol. The average Bonchev–Trinajstić information content (AvgIpc) is 3.31. The molecule has 66 heavy (non-hydrogen) atoms. The van der Waals surface area contributed by atoms with Gasteiger partial charge in [-0.15, -0.1) is 0 Å². The summed E-state index contributed by atoms with van der Waals surface area (Å²) < 4.78 is 5.94. The fourth-order valence-electron chi connectivity index (χ4n) is 8.73. The molecule has 0 saturated heterocycles. The molecule has 1 amide bonds. The summed E-state index contributed by atoms with van der Waals surface area (Å²) in [7, 11) is 0. The van der Waals surface area contributed by atoms with Crippen LogP contribution >= 0.6 is 0 Å². The van der Waals surface area contributed by atoms with Crippen LogP contribution in [0.5, 0.6) is 0 Å². The number of hydrogen-bond acceptors (Lipinski definition) is 5. The lowest BCUT2D eigenvalue weighted by Crippen LogP contribution is -2.46. The van der Waals surface area contributed by atoms with Gasteiger partial charge in [-0.2, -0.15) is 0 Å². The highest BCUT2D eigenvalue weighted by molar-refractivity contribution is 5.77. The van der Waals surface area contributed by atoms with E-state index in [1.807, 2.05) is 0 Å². The van der Waals surface area contributed by atoms with Crippen LogP contribution < -0.4 is 5.32 Å². The van der Waals surface area contributed by atoms with Gasteiger partial charge in [0.15, 0.2) is 0 Å². The maximum absolute atomic E-state index is 13.3. The van der Waals surface area contributed by atoms with Crippen LogP contribution in [0.1, 0.15) is 297 Å². The molecule has 6 nitrogen and oxygen atoms in total. The number of carbonyl (C=O) groups excluding carboxylic acids is 2. The molecular weight excluding hydrogens is 815 g/mol. The third-order valence-corrected chi connectivity index (χ3v) is 13.1. The molecule has 0 rings (SSSR count). The van der Waals surface area contributed by atoms with Gasteiger partial charge in [-0.1, -0.05) is 243 Å². The predicted molar refractivity (Wildman–Crippen MR) is 287 cm³/mol. The first-order valence-corrected chi connectivity index (χ1v) is 28.9. The minimum atomic E-state index is -0.797. The normalized spacial score (nSPS) is 13.5. The Bertz CT molecular complexity index is 1130. The van der Waals surface area contributed by atoms with E-state index in [2.05, 4.69) is 74.7 Å². The van der Waals surface area contributed by atoms with E-state index in [4.69, 9.17) is 4.74 Å². The Morgan fingerprint density at radius 3 is 1.21 bits per heavy atom. The number of aliphatic hydroxyl groups is 2. The predicted octanol–water partition coefficient (Wildman–Crippen LogP) is 17.8. The van der Waals surface area contributed by atoms with E-state index in [0.29, 0.717) is 19.3 Å². The average molecular weight is 927 g/mol. The maximum atomic E-state index is 13.3. The summed E-state index contributed by atoms with van der Waals surface area (Å²) >= 11 is 0. The fraction of sp³-hybridized carbons (Fsp3) is 0.833. The minimum Gasteiger partial charge on any atom is -0.462 e. The standard InChI is InChI=1S/C60H111NO5/c1-4-7-10-13-16-19-22-25-28-30-31-33-36-39-42-45-48-51-56(66-60(65)53-50-47-44-41-38-35-27-24-21-18-15-12-9-6-3)54-59(64)61-57(55-62)58(63)52-49-46-43-40-37-34-32-29-26-23-20-17-14-11-8-5-2/h16,19,25,28,31,33,35,38,56-58,62-63H,4-15,17-18,20-24,26-27,29-30,32,34,36-37,39-55H2,1-3H3,(H,61,64)/b19-16-,28-25-,33-31-,38-35-. The van der Waals surface area contributed by atoms with Gasteiger partial charge in [0.25, 0.3) is 0 Å². The Labute approximate surface area is 410 Å². The summed E-state index contributed by atoms with van der Waals surface area (Å²) in [6.07, 6.45) is 66.0. The number of nitrogens with one attached hydrogen (secondary N) is 1. The summed E-state index contributed by atoms with van der Waals surface area (Å²) in [5.74, 6) is -0.505. The van der Waals surface area contributed by atoms with Gasteiger partial charge in [0.05, 0.1) is 25.2 Å². The second kappa shape index (κ2) is 53.8. The van der Waals surface area contributed by atoms with Crippen molar-refractivity contribution in [1.29, 1.82) is 0 Å². The van der Waals surface area contributed by atoms with E-state index in [1.54, 1.807) is 0 Å². The van der Waals surface area contributed by atoms with Crippen molar-refractivity contribution in [1.82, 2.24) is 5.32 Å². The van der Waals surface area contributed by atoms with Gasteiger partial charge in [-0.3, -0.25) is 9.59 Å². The molecule has 0 aromatic heterocycles. The van der Waals surface area contributed by atoms with E-state index in [0.717, 1.165) is 89.9 Å². The molecule has 386 valence electrons. The first-order valence-electron chi connectivity index (χ1n) is 28.9. The largest absolute Gasteiger partial charge is 0.462 e. The van der Waals surface area contributed by atoms with E-state index >= 15 is 0 Å². The molecule has 0 aliphatic heterocycles. The van der Waals surface area contributed by atoms with Crippen LogP contribution in [0.15, 0.2) is 48.6 Å². The molecule has 0 aromatic rings. The lowest BCUT2D eigenvalue weighted by molar-refractivity contribution is -0.151. The highest BCUT2D eigenvalue weighted by Gasteiger charge is 2.24. The summed E-state index contributed by atoms with van der Waals surface area (Å²) in [4.78, 5) is 26.3. The number of aliphatic hydroxyl groups excluding tert-OH is 2. The van der Waals surface area contributed by atoms with Crippen molar-refractivity contribution >= 4 is 11.9 Å². The molecule has 0 aliphatic rings. The van der Waals surface area contributed by atoms with Crippen LogP contribution in [-0.2, 0) is 14.3 Å². The zero-order valence-corrected chi connectivity index (χ0v) is 44.1. The molecule has 0 fully saturated rings. The van der Waals surface area contributed by atoms with Gasteiger partial charge in [0.2, 0.25) is 5.91 Å². The van der Waals surface area contributed by atoms with Crippen molar-refractivity contribution in [2.24, 2.45) is 0 Å². The van der Waals surface area contributed by atoms with Crippen molar-refractivity contribution in [3.8, 4) is 0 Å². The van der Waals surface area contributed by atoms with Gasteiger partial charge in [-0.25, -0.2) is 0 Å². The molecule has 0 heterocycles. The number of hydrogen-bond donors (Lipinski definition) is 3. The molecule has 3 unspecified atom stereocenters. The van der Waals surface area contributed by atoms with Crippen molar-refractivity contribution in [3.63, 3.8) is 0 Å². The molecule has 0 radical (unpaired) electrons. The number of unbranched alkanes of at least 4 members (excludes halogenated alkanes) is 32. The first-order chi connectivity index (χ1) is 32.5. The zero-order chi connectivity index (χ0) is 48.1. The highest BCUT2D eigenvalue weighted by Crippen LogP contribution is 2.18. The molecule has 3 N–H and O–H groups in total. The van der Waals surface area contributed by atoms with Crippen LogP contribution in [0.2, 0.25) is 0 Å². The quantitative estimate of drug-likeness (QED) is 0.0321. The maximum Gasteiger partial charge on any atom is 0.306 e. The third kappa shape index (κ3) is 48.3. The van der Waals surface area contributed by atoms with Crippen LogP contribution in [0, 0.1) is 0 Å². The molecule has 0 aromatic carbocycles. The molecule has 0 saturated carbocycles. The zero-order valence-electron chi connectivity index (χ0n) is 44.1. The van der Waals surface area contributed by atoms with Gasteiger partial charge < -0.3 is 20.3 Å². The van der Waals surface area contributed by atoms with Crippen molar-refractivity contribution in [2.45, 2.75) is 315 Å².